The summed E-state index contributed by atoms with van der Waals surface area (Å²) in [5.41, 5.74) is 5.34. The van der Waals surface area contributed by atoms with Crippen molar-refractivity contribution in [2.45, 2.75) is 31.7 Å². The Balaban J connectivity index is 2.14. The fourth-order valence-electron chi connectivity index (χ4n) is 3.30. The van der Waals surface area contributed by atoms with E-state index in [9.17, 15) is 4.79 Å². The molecular weight excluding hydrogens is 190 g/mol. The predicted molar refractivity (Wildman–Crippen MR) is 59.4 cm³/mol. The van der Waals surface area contributed by atoms with E-state index in [2.05, 4.69) is 17.1 Å². The third kappa shape index (κ3) is 2.01. The maximum Gasteiger partial charge on any atom is 0.219 e. The molecule has 86 valence electrons. The molecule has 2 bridgehead atoms. The van der Waals surface area contributed by atoms with Crippen LogP contribution in [0.2, 0.25) is 0 Å². The summed E-state index contributed by atoms with van der Waals surface area (Å²) in [5, 5.41) is 3.52. The average molecular weight is 211 g/mol. The molecule has 3 fully saturated rings. The Kier molecular flexibility index (Phi) is 2.98. The minimum absolute atomic E-state index is 0.0307. The molecule has 3 rings (SSSR count). The molecule has 3 saturated heterocycles. The number of hydrogen-bond acceptors (Lipinski definition) is 3. The minimum atomic E-state index is -0.176. The topological polar surface area (TPSA) is 58.4 Å². The molecule has 3 aliphatic rings. The largest absolute Gasteiger partial charge is 0.370 e. The highest BCUT2D eigenvalue weighted by atomic mass is 16.1. The molecule has 0 aromatic heterocycles. The van der Waals surface area contributed by atoms with E-state index in [1.54, 1.807) is 0 Å². The molecular formula is C11H21N3O. The first-order valence-corrected chi connectivity index (χ1v) is 5.92. The number of nitrogens with two attached hydrogens (primary N) is 1. The standard InChI is InChI=1S/C11H21N3O/c1-2-13-11(7-10(12)15)8-14-5-3-9(11)4-6-14/h9,13H,2-8H2,1H3,(H2,12,15). The zero-order chi connectivity index (χ0) is 10.9. The molecule has 3 N–H and O–H groups in total. The van der Waals surface area contributed by atoms with Crippen molar-refractivity contribution in [1.82, 2.24) is 10.2 Å². The molecule has 0 aliphatic carbocycles. The molecule has 1 amide bonds. The van der Waals surface area contributed by atoms with Gasteiger partial charge in [0.2, 0.25) is 5.91 Å². The van der Waals surface area contributed by atoms with Crippen LogP contribution in [0.25, 0.3) is 0 Å². The number of fused-ring (bicyclic) bond motifs is 3. The van der Waals surface area contributed by atoms with Crippen molar-refractivity contribution in [3.8, 4) is 0 Å². The first-order valence-electron chi connectivity index (χ1n) is 5.92. The molecule has 15 heavy (non-hydrogen) atoms. The second-order valence-corrected chi connectivity index (χ2v) is 4.88. The lowest BCUT2D eigenvalue weighted by molar-refractivity contribution is -0.122. The number of likely N-dealkylation sites (N-methyl/N-ethyl adjacent to an activating group) is 1. The lowest BCUT2D eigenvalue weighted by Crippen LogP contribution is -2.66. The maximum atomic E-state index is 11.2. The third-order valence-corrected chi connectivity index (χ3v) is 3.89. The van der Waals surface area contributed by atoms with Crippen LogP contribution < -0.4 is 11.1 Å². The number of carbonyl (C=O) groups is 1. The summed E-state index contributed by atoms with van der Waals surface area (Å²) in [4.78, 5) is 13.6. The van der Waals surface area contributed by atoms with Crippen LogP contribution in [0.3, 0.4) is 0 Å². The zero-order valence-electron chi connectivity index (χ0n) is 9.46. The van der Waals surface area contributed by atoms with Gasteiger partial charge >= 0.3 is 0 Å². The van der Waals surface area contributed by atoms with E-state index in [0.717, 1.165) is 13.1 Å². The van der Waals surface area contributed by atoms with Gasteiger partial charge in [-0.3, -0.25) is 4.79 Å². The van der Waals surface area contributed by atoms with E-state index in [1.807, 2.05) is 0 Å². The number of carbonyl (C=O) groups excluding carboxylic acids is 1. The zero-order valence-corrected chi connectivity index (χ0v) is 9.46. The molecule has 0 radical (unpaired) electrons. The Morgan fingerprint density at radius 1 is 1.53 bits per heavy atom. The summed E-state index contributed by atoms with van der Waals surface area (Å²) in [7, 11) is 0. The lowest BCUT2D eigenvalue weighted by Gasteiger charge is -2.53. The van der Waals surface area contributed by atoms with Crippen LogP contribution in [-0.4, -0.2) is 42.5 Å². The van der Waals surface area contributed by atoms with Crippen LogP contribution in [0.5, 0.6) is 0 Å². The summed E-state index contributed by atoms with van der Waals surface area (Å²) in [6, 6.07) is 0. The Morgan fingerprint density at radius 3 is 2.60 bits per heavy atom. The highest BCUT2D eigenvalue weighted by Gasteiger charge is 2.46. The number of nitrogens with zero attached hydrogens (tertiary/aromatic N) is 1. The molecule has 3 aliphatic heterocycles. The molecule has 3 heterocycles. The van der Waals surface area contributed by atoms with Crippen LogP contribution in [0.1, 0.15) is 26.2 Å². The van der Waals surface area contributed by atoms with Gasteiger partial charge in [0.05, 0.1) is 0 Å². The van der Waals surface area contributed by atoms with Crippen LogP contribution in [-0.2, 0) is 4.79 Å². The number of piperidine rings is 3. The summed E-state index contributed by atoms with van der Waals surface area (Å²) in [6.07, 6.45) is 2.91. The number of hydrogen-bond donors (Lipinski definition) is 2. The summed E-state index contributed by atoms with van der Waals surface area (Å²) in [5.74, 6) is 0.458. The Morgan fingerprint density at radius 2 is 2.20 bits per heavy atom. The van der Waals surface area contributed by atoms with Crippen molar-refractivity contribution < 1.29 is 4.79 Å². The average Bonchev–Trinajstić information content (AvgIpc) is 2.18. The molecule has 1 unspecified atom stereocenters. The van der Waals surface area contributed by atoms with Gasteiger partial charge < -0.3 is 16.0 Å². The van der Waals surface area contributed by atoms with Gasteiger partial charge in [0.1, 0.15) is 0 Å². The molecule has 0 aromatic carbocycles. The predicted octanol–water partition coefficient (Wildman–Crippen LogP) is -0.0643. The van der Waals surface area contributed by atoms with Crippen molar-refractivity contribution in [1.29, 1.82) is 0 Å². The quantitative estimate of drug-likeness (QED) is 0.684. The monoisotopic (exact) mass is 211 g/mol. The van der Waals surface area contributed by atoms with Gasteiger partial charge in [-0.25, -0.2) is 0 Å². The van der Waals surface area contributed by atoms with E-state index >= 15 is 0 Å². The second kappa shape index (κ2) is 4.10. The smallest absolute Gasteiger partial charge is 0.219 e. The van der Waals surface area contributed by atoms with Gasteiger partial charge in [0.15, 0.2) is 0 Å². The van der Waals surface area contributed by atoms with Crippen molar-refractivity contribution in [2.24, 2.45) is 11.7 Å². The normalized spacial score (nSPS) is 39.3. The Bertz CT molecular complexity index is 248. The van der Waals surface area contributed by atoms with Gasteiger partial charge in [0.25, 0.3) is 0 Å². The maximum absolute atomic E-state index is 11.2. The molecule has 0 spiro atoms. The van der Waals surface area contributed by atoms with E-state index in [-0.39, 0.29) is 11.4 Å². The van der Waals surface area contributed by atoms with Crippen LogP contribution in [0.15, 0.2) is 0 Å². The van der Waals surface area contributed by atoms with Gasteiger partial charge in [-0.15, -0.1) is 0 Å². The highest BCUT2D eigenvalue weighted by molar-refractivity contribution is 5.75. The fraction of sp³-hybridized carbons (Fsp3) is 0.909. The van der Waals surface area contributed by atoms with E-state index in [1.165, 1.54) is 25.9 Å². The SMILES string of the molecule is CCNC1(CC(N)=O)CN2CCC1CC2. The van der Waals surface area contributed by atoms with Gasteiger partial charge in [-0.05, 0) is 38.4 Å². The van der Waals surface area contributed by atoms with Crippen molar-refractivity contribution >= 4 is 5.91 Å². The van der Waals surface area contributed by atoms with Crippen LogP contribution in [0.4, 0.5) is 0 Å². The summed E-state index contributed by atoms with van der Waals surface area (Å²) in [6.45, 7) is 6.39. The Labute approximate surface area is 91.2 Å². The Hall–Kier alpha value is -0.610. The van der Waals surface area contributed by atoms with E-state index in [4.69, 9.17) is 5.73 Å². The van der Waals surface area contributed by atoms with Crippen LogP contribution in [0, 0.1) is 5.92 Å². The van der Waals surface area contributed by atoms with Crippen LogP contribution >= 0.6 is 0 Å². The second-order valence-electron chi connectivity index (χ2n) is 4.88. The fourth-order valence-corrected chi connectivity index (χ4v) is 3.30. The van der Waals surface area contributed by atoms with Crippen molar-refractivity contribution in [3.05, 3.63) is 0 Å². The summed E-state index contributed by atoms with van der Waals surface area (Å²) >= 11 is 0. The van der Waals surface area contributed by atoms with Gasteiger partial charge in [-0.2, -0.15) is 0 Å². The number of primary amides is 1. The highest BCUT2D eigenvalue weighted by Crippen LogP contribution is 2.37. The van der Waals surface area contributed by atoms with Crippen molar-refractivity contribution in [2.75, 3.05) is 26.2 Å². The minimum Gasteiger partial charge on any atom is -0.370 e. The van der Waals surface area contributed by atoms with E-state index < -0.39 is 0 Å². The molecule has 0 aromatic rings. The first kappa shape index (κ1) is 10.9. The number of amides is 1. The summed E-state index contributed by atoms with van der Waals surface area (Å²) < 4.78 is 0. The molecule has 4 heteroatoms. The van der Waals surface area contributed by atoms with Crippen molar-refractivity contribution in [3.63, 3.8) is 0 Å². The van der Waals surface area contributed by atoms with Gasteiger partial charge in [-0.1, -0.05) is 6.92 Å². The molecule has 0 saturated carbocycles. The lowest BCUT2D eigenvalue weighted by atomic mass is 9.71. The molecule has 4 nitrogen and oxygen atoms in total. The third-order valence-electron chi connectivity index (χ3n) is 3.89. The van der Waals surface area contributed by atoms with Gasteiger partial charge in [0, 0.05) is 18.5 Å². The first-order chi connectivity index (χ1) is 7.16. The van der Waals surface area contributed by atoms with E-state index in [0.29, 0.717) is 12.3 Å². The molecule has 1 atom stereocenters. The number of rotatable bonds is 4. The number of nitrogens with one attached hydrogen (secondary N) is 1.